The molecule has 1 rings (SSSR count). The third kappa shape index (κ3) is 3.96. The number of carbonyl (C=O) groups excluding carboxylic acids is 1. The van der Waals surface area contributed by atoms with Gasteiger partial charge >= 0.3 is 0 Å². The maximum absolute atomic E-state index is 11.7. The van der Waals surface area contributed by atoms with Gasteiger partial charge in [-0.15, -0.1) is 0 Å². The van der Waals surface area contributed by atoms with Gasteiger partial charge in [0, 0.05) is 6.04 Å². The number of benzene rings is 1. The molecule has 19 heavy (non-hydrogen) atoms. The summed E-state index contributed by atoms with van der Waals surface area (Å²) in [5.41, 5.74) is 5.50. The minimum absolute atomic E-state index is 0.127. The Morgan fingerprint density at radius 1 is 1.21 bits per heavy atom. The third-order valence-corrected chi connectivity index (χ3v) is 2.87. The Hall–Kier alpha value is -1.55. The van der Waals surface area contributed by atoms with E-state index in [1.54, 1.807) is 6.92 Å². The van der Waals surface area contributed by atoms with Crippen molar-refractivity contribution >= 4 is 5.91 Å². The average molecular weight is 264 g/mol. The van der Waals surface area contributed by atoms with E-state index >= 15 is 0 Å². The Kier molecular flexibility index (Phi) is 4.95. The summed E-state index contributed by atoms with van der Waals surface area (Å²) in [7, 11) is 0. The van der Waals surface area contributed by atoms with Crippen LogP contribution in [-0.4, -0.2) is 18.1 Å². The van der Waals surface area contributed by atoms with Crippen LogP contribution in [0, 0.1) is 0 Å². The molecule has 3 N–H and O–H groups in total. The van der Waals surface area contributed by atoms with Crippen molar-refractivity contribution in [2.45, 2.75) is 52.3 Å². The zero-order valence-corrected chi connectivity index (χ0v) is 12.4. The summed E-state index contributed by atoms with van der Waals surface area (Å²) in [6.07, 6.45) is 0.127. The van der Waals surface area contributed by atoms with Crippen LogP contribution in [0.1, 0.15) is 40.2 Å². The normalized spacial score (nSPS) is 14.5. The molecule has 0 fully saturated rings. The molecule has 1 unspecified atom stereocenters. The predicted molar refractivity (Wildman–Crippen MR) is 77.0 cm³/mol. The Bertz CT molecular complexity index is 426. The van der Waals surface area contributed by atoms with E-state index < -0.39 is 11.4 Å². The molecule has 1 aromatic carbocycles. The van der Waals surface area contributed by atoms with E-state index in [-0.39, 0.29) is 12.1 Å². The summed E-state index contributed by atoms with van der Waals surface area (Å²) in [5, 5.41) is 3.22. The molecule has 0 saturated carbocycles. The van der Waals surface area contributed by atoms with E-state index in [4.69, 9.17) is 10.5 Å². The van der Waals surface area contributed by atoms with Crippen molar-refractivity contribution in [3.05, 3.63) is 29.8 Å². The lowest BCUT2D eigenvalue weighted by atomic mass is 9.90. The molecule has 0 saturated heterocycles. The van der Waals surface area contributed by atoms with E-state index in [9.17, 15) is 4.79 Å². The van der Waals surface area contributed by atoms with Crippen molar-refractivity contribution in [3.8, 4) is 5.75 Å². The molecule has 4 nitrogen and oxygen atoms in total. The zero-order valence-electron chi connectivity index (χ0n) is 12.4. The van der Waals surface area contributed by atoms with Crippen LogP contribution in [0.25, 0.3) is 0 Å². The number of nitrogens with one attached hydrogen (secondary N) is 1. The van der Waals surface area contributed by atoms with E-state index in [0.29, 0.717) is 0 Å². The van der Waals surface area contributed by atoms with Crippen molar-refractivity contribution < 1.29 is 9.53 Å². The summed E-state index contributed by atoms with van der Waals surface area (Å²) in [6, 6.07) is 7.62. The van der Waals surface area contributed by atoms with E-state index in [2.05, 4.69) is 5.32 Å². The van der Waals surface area contributed by atoms with Gasteiger partial charge in [0.2, 0.25) is 5.91 Å². The van der Waals surface area contributed by atoms with Gasteiger partial charge in [0.15, 0.2) is 0 Å². The molecule has 0 aliphatic carbocycles. The highest BCUT2D eigenvalue weighted by atomic mass is 16.5. The lowest BCUT2D eigenvalue weighted by Gasteiger charge is -2.30. The first-order valence-corrected chi connectivity index (χ1v) is 6.60. The second kappa shape index (κ2) is 6.06. The van der Waals surface area contributed by atoms with Crippen molar-refractivity contribution in [2.75, 3.05) is 0 Å². The highest BCUT2D eigenvalue weighted by molar-refractivity contribution is 5.85. The minimum Gasteiger partial charge on any atom is -0.491 e. The summed E-state index contributed by atoms with van der Waals surface area (Å²) in [6.45, 7) is 9.71. The summed E-state index contributed by atoms with van der Waals surface area (Å²) in [5.74, 6) is 0.397. The molecule has 1 aromatic rings. The van der Waals surface area contributed by atoms with Crippen LogP contribution in [-0.2, 0) is 10.3 Å². The number of hydrogen-bond acceptors (Lipinski definition) is 3. The number of ether oxygens (including phenoxy) is 1. The third-order valence-electron chi connectivity index (χ3n) is 2.87. The van der Waals surface area contributed by atoms with E-state index in [1.165, 1.54) is 0 Å². The number of hydrogen-bond donors (Lipinski definition) is 2. The maximum Gasteiger partial charge on any atom is 0.242 e. The first-order chi connectivity index (χ1) is 8.75. The van der Waals surface area contributed by atoms with Gasteiger partial charge in [0.25, 0.3) is 0 Å². The SMILES string of the molecule is CC(C)NC(C)(C(N)=O)c1ccc(OC(C)C)cc1. The smallest absolute Gasteiger partial charge is 0.242 e. The largest absolute Gasteiger partial charge is 0.491 e. The number of rotatable bonds is 6. The molecule has 4 heteroatoms. The lowest BCUT2D eigenvalue weighted by molar-refractivity contribution is -0.124. The van der Waals surface area contributed by atoms with Crippen LogP contribution >= 0.6 is 0 Å². The van der Waals surface area contributed by atoms with Gasteiger partial charge in [0.1, 0.15) is 11.3 Å². The molecular formula is C15H24N2O2. The Labute approximate surface area is 115 Å². The van der Waals surface area contributed by atoms with Crippen LogP contribution in [0.5, 0.6) is 5.75 Å². The highest BCUT2D eigenvalue weighted by Crippen LogP contribution is 2.24. The molecule has 0 heterocycles. The van der Waals surface area contributed by atoms with Crippen LogP contribution < -0.4 is 15.8 Å². The average Bonchev–Trinajstić information content (AvgIpc) is 2.27. The molecule has 1 atom stereocenters. The van der Waals surface area contributed by atoms with Crippen LogP contribution in [0.2, 0.25) is 0 Å². The highest BCUT2D eigenvalue weighted by Gasteiger charge is 2.33. The summed E-state index contributed by atoms with van der Waals surface area (Å²) >= 11 is 0. The summed E-state index contributed by atoms with van der Waals surface area (Å²) < 4.78 is 5.59. The van der Waals surface area contributed by atoms with Gasteiger partial charge < -0.3 is 10.5 Å². The molecule has 0 aliphatic heterocycles. The van der Waals surface area contributed by atoms with E-state index in [1.807, 2.05) is 52.0 Å². The molecule has 0 spiro atoms. The van der Waals surface area contributed by atoms with Crippen LogP contribution in [0.3, 0.4) is 0 Å². The number of nitrogens with two attached hydrogens (primary N) is 1. The number of carbonyl (C=O) groups is 1. The van der Waals surface area contributed by atoms with Gasteiger partial charge in [-0.1, -0.05) is 12.1 Å². The first kappa shape index (κ1) is 15.5. The Balaban J connectivity index is 3.01. The predicted octanol–water partition coefficient (Wildman–Crippen LogP) is 2.17. The monoisotopic (exact) mass is 264 g/mol. The second-order valence-corrected chi connectivity index (χ2v) is 5.48. The Morgan fingerprint density at radius 3 is 2.11 bits per heavy atom. The Morgan fingerprint density at radius 2 is 1.74 bits per heavy atom. The molecular weight excluding hydrogens is 240 g/mol. The van der Waals surface area contributed by atoms with E-state index in [0.717, 1.165) is 11.3 Å². The van der Waals surface area contributed by atoms with Crippen LogP contribution in [0.15, 0.2) is 24.3 Å². The summed E-state index contributed by atoms with van der Waals surface area (Å²) in [4.78, 5) is 11.7. The van der Waals surface area contributed by atoms with Crippen molar-refractivity contribution in [3.63, 3.8) is 0 Å². The zero-order chi connectivity index (χ0) is 14.6. The topological polar surface area (TPSA) is 64.3 Å². The fourth-order valence-corrected chi connectivity index (χ4v) is 2.01. The number of amides is 1. The molecule has 0 aromatic heterocycles. The lowest BCUT2D eigenvalue weighted by Crippen LogP contribution is -2.52. The molecule has 0 radical (unpaired) electrons. The fraction of sp³-hybridized carbons (Fsp3) is 0.533. The fourth-order valence-electron chi connectivity index (χ4n) is 2.01. The van der Waals surface area contributed by atoms with Crippen molar-refractivity contribution in [1.82, 2.24) is 5.32 Å². The van der Waals surface area contributed by atoms with Gasteiger partial charge in [-0.3, -0.25) is 10.1 Å². The van der Waals surface area contributed by atoms with Crippen molar-refractivity contribution in [2.24, 2.45) is 5.73 Å². The first-order valence-electron chi connectivity index (χ1n) is 6.60. The van der Waals surface area contributed by atoms with Crippen LogP contribution in [0.4, 0.5) is 0 Å². The molecule has 0 aliphatic rings. The molecule has 1 amide bonds. The minimum atomic E-state index is -0.871. The molecule has 0 bridgehead atoms. The quantitative estimate of drug-likeness (QED) is 0.827. The molecule has 106 valence electrons. The van der Waals surface area contributed by atoms with Gasteiger partial charge in [-0.05, 0) is 52.3 Å². The number of primary amides is 1. The van der Waals surface area contributed by atoms with Gasteiger partial charge in [-0.25, -0.2) is 0 Å². The van der Waals surface area contributed by atoms with Gasteiger partial charge in [0.05, 0.1) is 6.10 Å². The maximum atomic E-state index is 11.7. The van der Waals surface area contributed by atoms with Gasteiger partial charge in [-0.2, -0.15) is 0 Å². The second-order valence-electron chi connectivity index (χ2n) is 5.48. The standard InChI is InChI=1S/C15H24N2O2/c1-10(2)17-15(5,14(16)18)12-6-8-13(9-7-12)19-11(3)4/h6-11,17H,1-5H3,(H2,16,18). The van der Waals surface area contributed by atoms with Crippen molar-refractivity contribution in [1.29, 1.82) is 0 Å².